The van der Waals surface area contributed by atoms with Gasteiger partial charge in [-0.25, -0.2) is 13.4 Å². The van der Waals surface area contributed by atoms with Crippen molar-refractivity contribution in [3.8, 4) is 0 Å². The van der Waals surface area contributed by atoms with Crippen molar-refractivity contribution < 1.29 is 13.2 Å². The lowest BCUT2D eigenvalue weighted by Crippen LogP contribution is -2.52. The number of nitrogens with zero attached hydrogens (tertiary/aromatic N) is 4. The molecule has 2 aliphatic heterocycles. The molecule has 2 saturated heterocycles. The number of carbonyl (C=O) groups is 1. The Morgan fingerprint density at radius 3 is 2.48 bits per heavy atom. The van der Waals surface area contributed by atoms with E-state index < -0.39 is 10.0 Å². The van der Waals surface area contributed by atoms with E-state index in [2.05, 4.69) is 30.0 Å². The van der Waals surface area contributed by atoms with Crippen LogP contribution in [0.2, 0.25) is 0 Å². The summed E-state index contributed by atoms with van der Waals surface area (Å²) in [7, 11) is -3.43. The summed E-state index contributed by atoms with van der Waals surface area (Å²) >= 11 is 2.96. The van der Waals surface area contributed by atoms with Crippen LogP contribution in [0.5, 0.6) is 0 Å². The standard InChI is InChI=1S/C23H28N4O3S3/c1-2-17-5-3-6-19-21(17)24-23(32-19)26-14-12-25(13-15-26)22(28)18-8-10-27(11-9-18)33(29,30)20-7-4-16-31-20/h3-7,16,18H,2,8-15H2,1H3. The van der Waals surface area contributed by atoms with Gasteiger partial charge in [0, 0.05) is 45.2 Å². The number of thiophene rings is 1. The molecule has 1 aromatic carbocycles. The summed E-state index contributed by atoms with van der Waals surface area (Å²) in [5, 5.41) is 2.81. The minimum atomic E-state index is -3.43. The fraction of sp³-hybridized carbons (Fsp3) is 0.478. The van der Waals surface area contributed by atoms with Gasteiger partial charge in [-0.05, 0) is 42.3 Å². The van der Waals surface area contributed by atoms with Crippen LogP contribution in [0, 0.1) is 5.92 Å². The van der Waals surface area contributed by atoms with Crippen molar-refractivity contribution in [3.63, 3.8) is 0 Å². The maximum Gasteiger partial charge on any atom is 0.252 e. The third-order valence-electron chi connectivity index (χ3n) is 6.63. The molecule has 0 unspecified atom stereocenters. The van der Waals surface area contributed by atoms with Gasteiger partial charge in [0.2, 0.25) is 5.91 Å². The van der Waals surface area contributed by atoms with Crippen LogP contribution in [-0.2, 0) is 21.2 Å². The number of fused-ring (bicyclic) bond motifs is 1. The zero-order valence-electron chi connectivity index (χ0n) is 18.6. The maximum absolute atomic E-state index is 13.1. The molecule has 0 atom stereocenters. The van der Waals surface area contributed by atoms with E-state index in [1.165, 1.54) is 25.9 Å². The highest BCUT2D eigenvalue weighted by atomic mass is 32.2. The predicted molar refractivity (Wildman–Crippen MR) is 134 cm³/mol. The van der Waals surface area contributed by atoms with Crippen molar-refractivity contribution in [2.24, 2.45) is 5.92 Å². The van der Waals surface area contributed by atoms with Crippen molar-refractivity contribution in [2.45, 2.75) is 30.4 Å². The van der Waals surface area contributed by atoms with Gasteiger partial charge in [-0.3, -0.25) is 4.79 Å². The van der Waals surface area contributed by atoms with Gasteiger partial charge >= 0.3 is 0 Å². The van der Waals surface area contributed by atoms with Crippen LogP contribution in [0.1, 0.15) is 25.3 Å². The first-order chi connectivity index (χ1) is 16.0. The van der Waals surface area contributed by atoms with Crippen LogP contribution < -0.4 is 4.90 Å². The van der Waals surface area contributed by atoms with Crippen molar-refractivity contribution in [1.82, 2.24) is 14.2 Å². The first-order valence-electron chi connectivity index (χ1n) is 11.4. The number of anilines is 1. The number of hydrogen-bond acceptors (Lipinski definition) is 7. The molecule has 1 amide bonds. The first kappa shape index (κ1) is 22.8. The lowest BCUT2D eigenvalue weighted by molar-refractivity contribution is -0.137. The Morgan fingerprint density at radius 1 is 1.06 bits per heavy atom. The van der Waals surface area contributed by atoms with E-state index in [1.807, 2.05) is 4.90 Å². The number of aromatic nitrogens is 1. The van der Waals surface area contributed by atoms with Crippen LogP contribution in [0.15, 0.2) is 39.9 Å². The molecule has 2 aromatic heterocycles. The second-order valence-corrected chi connectivity index (χ2v) is 12.7. The number of carbonyl (C=O) groups excluding carboxylic acids is 1. The lowest BCUT2D eigenvalue weighted by atomic mass is 9.96. The van der Waals surface area contributed by atoms with Crippen molar-refractivity contribution in [3.05, 3.63) is 41.3 Å². The summed E-state index contributed by atoms with van der Waals surface area (Å²) in [5.41, 5.74) is 2.37. The van der Waals surface area contributed by atoms with E-state index in [0.29, 0.717) is 43.2 Å². The minimum absolute atomic E-state index is 0.0964. The number of aryl methyl sites for hydroxylation is 1. The normalized spacial score (nSPS) is 18.8. The second-order valence-electron chi connectivity index (χ2n) is 8.54. The zero-order valence-corrected chi connectivity index (χ0v) is 21.1. The highest BCUT2D eigenvalue weighted by Gasteiger charge is 2.35. The van der Waals surface area contributed by atoms with E-state index in [9.17, 15) is 13.2 Å². The summed E-state index contributed by atoms with van der Waals surface area (Å²) in [5.74, 6) is 0.0706. The number of piperidine rings is 1. The van der Waals surface area contributed by atoms with Gasteiger partial charge < -0.3 is 9.80 Å². The molecule has 0 N–H and O–H groups in total. The SMILES string of the molecule is CCc1cccc2sc(N3CCN(C(=O)C4CCN(S(=O)(=O)c5cccs5)CC4)CC3)nc12. The number of amides is 1. The maximum atomic E-state index is 13.1. The van der Waals surface area contributed by atoms with E-state index in [4.69, 9.17) is 4.98 Å². The van der Waals surface area contributed by atoms with Crippen molar-refractivity contribution >= 4 is 54.0 Å². The Labute approximate surface area is 202 Å². The van der Waals surface area contributed by atoms with Crippen LogP contribution >= 0.6 is 22.7 Å². The molecular formula is C23H28N4O3S3. The van der Waals surface area contributed by atoms with Crippen LogP contribution in [0.3, 0.4) is 0 Å². The Kier molecular flexibility index (Phi) is 6.43. The van der Waals surface area contributed by atoms with Gasteiger partial charge in [0.25, 0.3) is 10.0 Å². The Hall–Kier alpha value is -2.01. The molecule has 0 bridgehead atoms. The van der Waals surface area contributed by atoms with E-state index in [-0.39, 0.29) is 11.8 Å². The molecule has 33 heavy (non-hydrogen) atoms. The van der Waals surface area contributed by atoms with Crippen molar-refractivity contribution in [2.75, 3.05) is 44.2 Å². The second kappa shape index (κ2) is 9.32. The summed E-state index contributed by atoms with van der Waals surface area (Å²) in [4.78, 5) is 22.3. The molecule has 3 aromatic rings. The average molecular weight is 505 g/mol. The Bertz CT molecular complexity index is 1220. The van der Waals surface area contributed by atoms with Crippen LogP contribution in [0.4, 0.5) is 5.13 Å². The molecule has 7 nitrogen and oxygen atoms in total. The topological polar surface area (TPSA) is 73.8 Å². The molecular weight excluding hydrogens is 476 g/mol. The average Bonchev–Trinajstić information content (AvgIpc) is 3.54. The number of thiazole rings is 1. The molecule has 0 saturated carbocycles. The van der Waals surface area contributed by atoms with Crippen molar-refractivity contribution in [1.29, 1.82) is 0 Å². The number of para-hydroxylation sites is 1. The number of piperazine rings is 1. The third-order valence-corrected chi connectivity index (χ3v) is 11.0. The Balaban J connectivity index is 1.17. The van der Waals surface area contributed by atoms with Gasteiger partial charge in [0.1, 0.15) is 4.21 Å². The van der Waals surface area contributed by atoms with Gasteiger partial charge in [0.15, 0.2) is 5.13 Å². The fourth-order valence-electron chi connectivity index (χ4n) is 4.67. The summed E-state index contributed by atoms with van der Waals surface area (Å²) in [6.07, 6.45) is 2.14. The summed E-state index contributed by atoms with van der Waals surface area (Å²) in [6, 6.07) is 9.76. The number of hydrogen-bond donors (Lipinski definition) is 0. The van der Waals surface area contributed by atoms with E-state index in [0.717, 1.165) is 30.2 Å². The van der Waals surface area contributed by atoms with Gasteiger partial charge in [0.05, 0.1) is 10.2 Å². The highest BCUT2D eigenvalue weighted by molar-refractivity contribution is 7.91. The Morgan fingerprint density at radius 2 is 1.82 bits per heavy atom. The third kappa shape index (κ3) is 4.41. The lowest BCUT2D eigenvalue weighted by Gasteiger charge is -2.38. The highest BCUT2D eigenvalue weighted by Crippen LogP contribution is 2.32. The fourth-order valence-corrected chi connectivity index (χ4v) is 8.35. The molecule has 0 aliphatic carbocycles. The quantitative estimate of drug-likeness (QED) is 0.530. The molecule has 5 rings (SSSR count). The molecule has 2 fully saturated rings. The van der Waals surface area contributed by atoms with Gasteiger partial charge in [-0.2, -0.15) is 4.31 Å². The first-order valence-corrected chi connectivity index (χ1v) is 14.6. The zero-order chi connectivity index (χ0) is 23.0. The predicted octanol–water partition coefficient (Wildman–Crippen LogP) is 3.67. The van der Waals surface area contributed by atoms with Crippen LogP contribution in [-0.4, -0.2) is 67.8 Å². The van der Waals surface area contributed by atoms with E-state index >= 15 is 0 Å². The number of sulfonamides is 1. The van der Waals surface area contributed by atoms with Gasteiger partial charge in [-0.15, -0.1) is 11.3 Å². The smallest absolute Gasteiger partial charge is 0.252 e. The summed E-state index contributed by atoms with van der Waals surface area (Å²) in [6.45, 7) is 5.88. The number of benzene rings is 1. The monoisotopic (exact) mass is 504 g/mol. The molecule has 176 valence electrons. The minimum Gasteiger partial charge on any atom is -0.345 e. The van der Waals surface area contributed by atoms with E-state index in [1.54, 1.807) is 28.8 Å². The molecule has 0 spiro atoms. The van der Waals surface area contributed by atoms with Gasteiger partial charge in [-0.1, -0.05) is 36.5 Å². The molecule has 4 heterocycles. The molecule has 2 aliphatic rings. The molecule has 10 heteroatoms. The summed E-state index contributed by atoms with van der Waals surface area (Å²) < 4.78 is 28.6. The largest absolute Gasteiger partial charge is 0.345 e. The van der Waals surface area contributed by atoms with Crippen LogP contribution in [0.25, 0.3) is 10.2 Å². The number of rotatable bonds is 5. The molecule has 0 radical (unpaired) electrons.